The van der Waals surface area contributed by atoms with Crippen LogP contribution in [0.5, 0.6) is 11.5 Å². The van der Waals surface area contributed by atoms with Crippen LogP contribution >= 0.6 is 0 Å². The van der Waals surface area contributed by atoms with Gasteiger partial charge < -0.3 is 24.8 Å². The van der Waals surface area contributed by atoms with Crippen LogP contribution in [0.2, 0.25) is 0 Å². The molecule has 0 bridgehead atoms. The Morgan fingerprint density at radius 3 is 2.64 bits per heavy atom. The molecule has 1 saturated carbocycles. The van der Waals surface area contributed by atoms with Gasteiger partial charge in [0.2, 0.25) is 0 Å². The van der Waals surface area contributed by atoms with Crippen molar-refractivity contribution in [3.63, 3.8) is 0 Å². The van der Waals surface area contributed by atoms with E-state index in [1.807, 2.05) is 0 Å². The number of allylic oxidation sites excluding steroid dienone is 1. The summed E-state index contributed by atoms with van der Waals surface area (Å²) < 4.78 is 16.5. The van der Waals surface area contributed by atoms with Gasteiger partial charge in [0.15, 0.2) is 0 Å². The van der Waals surface area contributed by atoms with E-state index < -0.39 is 12.0 Å². The Labute approximate surface area is 165 Å². The van der Waals surface area contributed by atoms with Crippen LogP contribution in [0.25, 0.3) is 0 Å². The van der Waals surface area contributed by atoms with Gasteiger partial charge in [0.05, 0.1) is 25.8 Å². The van der Waals surface area contributed by atoms with Gasteiger partial charge in [-0.15, -0.1) is 0 Å². The van der Waals surface area contributed by atoms with Crippen molar-refractivity contribution >= 4 is 12.0 Å². The minimum Gasteiger partial charge on any atom is -0.497 e. The molecule has 1 aliphatic heterocycles. The van der Waals surface area contributed by atoms with Crippen LogP contribution in [0.1, 0.15) is 51.1 Å². The summed E-state index contributed by atoms with van der Waals surface area (Å²) in [6, 6.07) is 4.25. The molecular weight excluding hydrogens is 360 g/mol. The van der Waals surface area contributed by atoms with Crippen LogP contribution in [0.15, 0.2) is 29.5 Å². The summed E-state index contributed by atoms with van der Waals surface area (Å²) in [5.41, 5.74) is 1.54. The van der Waals surface area contributed by atoms with Gasteiger partial charge in [0.1, 0.15) is 17.6 Å². The molecule has 2 aliphatic rings. The molecule has 2 amide bonds. The molecule has 3 unspecified atom stereocenters. The van der Waals surface area contributed by atoms with Crippen LogP contribution in [0.3, 0.4) is 0 Å². The first-order chi connectivity index (χ1) is 13.4. The number of methoxy groups -OCH3 is 2. The summed E-state index contributed by atoms with van der Waals surface area (Å²) in [6.45, 7) is 3.89. The molecule has 1 aromatic carbocycles. The van der Waals surface area contributed by atoms with Gasteiger partial charge >= 0.3 is 12.0 Å². The van der Waals surface area contributed by atoms with Crippen LogP contribution < -0.4 is 20.1 Å². The third-order valence-corrected chi connectivity index (χ3v) is 5.40. The molecule has 0 radical (unpaired) electrons. The van der Waals surface area contributed by atoms with Gasteiger partial charge in [0.25, 0.3) is 0 Å². The largest absolute Gasteiger partial charge is 0.497 e. The normalized spacial score (nSPS) is 24.9. The highest BCUT2D eigenvalue weighted by atomic mass is 16.5. The van der Waals surface area contributed by atoms with Crippen molar-refractivity contribution in [2.75, 3.05) is 14.2 Å². The van der Waals surface area contributed by atoms with Crippen molar-refractivity contribution < 1.29 is 23.8 Å². The Balaban J connectivity index is 1.91. The first-order valence-corrected chi connectivity index (χ1v) is 9.64. The number of carbonyl (C=O) groups excluding carboxylic acids is 2. The molecule has 152 valence electrons. The fourth-order valence-electron chi connectivity index (χ4n) is 3.95. The SMILES string of the molecule is COc1ccc(C2NC(=O)NC(C)=C2C(=O)OC2CCCC(C)C2)c(OC)c1. The van der Waals surface area contributed by atoms with E-state index in [-0.39, 0.29) is 12.1 Å². The van der Waals surface area contributed by atoms with Crippen LogP contribution in [-0.4, -0.2) is 32.3 Å². The van der Waals surface area contributed by atoms with Crippen molar-refractivity contribution in [1.82, 2.24) is 10.6 Å². The van der Waals surface area contributed by atoms with Crippen molar-refractivity contribution in [1.29, 1.82) is 0 Å². The first-order valence-electron chi connectivity index (χ1n) is 9.64. The summed E-state index contributed by atoms with van der Waals surface area (Å²) in [4.78, 5) is 25.2. The fraction of sp³-hybridized carbons (Fsp3) is 0.524. The number of nitrogens with one attached hydrogen (secondary N) is 2. The second kappa shape index (κ2) is 8.54. The highest BCUT2D eigenvalue weighted by molar-refractivity contribution is 5.95. The highest BCUT2D eigenvalue weighted by Gasteiger charge is 2.35. The zero-order chi connectivity index (χ0) is 20.3. The lowest BCUT2D eigenvalue weighted by Gasteiger charge is -2.31. The minimum absolute atomic E-state index is 0.0902. The van der Waals surface area contributed by atoms with E-state index in [0.29, 0.717) is 34.3 Å². The van der Waals surface area contributed by atoms with Gasteiger partial charge in [-0.25, -0.2) is 9.59 Å². The number of hydrogen-bond donors (Lipinski definition) is 2. The molecule has 3 atom stereocenters. The molecule has 1 aromatic rings. The second-order valence-electron chi connectivity index (χ2n) is 7.48. The first kappa shape index (κ1) is 20.0. The molecular formula is C21H28N2O5. The van der Waals surface area contributed by atoms with Crippen LogP contribution in [0, 0.1) is 5.92 Å². The maximum absolute atomic E-state index is 13.1. The smallest absolute Gasteiger partial charge is 0.338 e. The number of rotatable bonds is 5. The quantitative estimate of drug-likeness (QED) is 0.755. The molecule has 28 heavy (non-hydrogen) atoms. The zero-order valence-electron chi connectivity index (χ0n) is 16.8. The van der Waals surface area contributed by atoms with Gasteiger partial charge in [-0.1, -0.05) is 13.3 Å². The number of hydrogen-bond acceptors (Lipinski definition) is 5. The third kappa shape index (κ3) is 4.24. The summed E-state index contributed by atoms with van der Waals surface area (Å²) in [5.74, 6) is 1.29. The summed E-state index contributed by atoms with van der Waals surface area (Å²) in [6.07, 6.45) is 3.88. The predicted octanol–water partition coefficient (Wildman–Crippen LogP) is 3.45. The standard InChI is InChI=1S/C21H28N2O5/c1-12-6-5-7-15(10-12)28-20(24)18-13(2)22-21(25)23-19(18)16-9-8-14(26-3)11-17(16)27-4/h8-9,11-12,15,19H,5-7,10H2,1-4H3,(H2,22,23,25). The number of amides is 2. The topological polar surface area (TPSA) is 85.9 Å². The maximum atomic E-state index is 13.1. The summed E-state index contributed by atoms with van der Waals surface area (Å²) >= 11 is 0. The van der Waals surface area contributed by atoms with E-state index in [2.05, 4.69) is 17.6 Å². The molecule has 0 saturated heterocycles. The van der Waals surface area contributed by atoms with E-state index in [1.165, 1.54) is 6.42 Å². The second-order valence-corrected chi connectivity index (χ2v) is 7.48. The molecule has 3 rings (SSSR count). The Morgan fingerprint density at radius 1 is 1.18 bits per heavy atom. The minimum atomic E-state index is -0.664. The van der Waals surface area contributed by atoms with E-state index >= 15 is 0 Å². The lowest BCUT2D eigenvalue weighted by atomic mass is 9.88. The molecule has 1 aliphatic carbocycles. The van der Waals surface area contributed by atoms with E-state index in [4.69, 9.17) is 14.2 Å². The fourth-order valence-corrected chi connectivity index (χ4v) is 3.95. The van der Waals surface area contributed by atoms with E-state index in [0.717, 1.165) is 19.3 Å². The van der Waals surface area contributed by atoms with Gasteiger partial charge in [-0.2, -0.15) is 0 Å². The van der Waals surface area contributed by atoms with Gasteiger partial charge in [0, 0.05) is 17.3 Å². The van der Waals surface area contributed by atoms with E-state index in [1.54, 1.807) is 39.3 Å². The number of carbonyl (C=O) groups is 2. The average Bonchev–Trinajstić information content (AvgIpc) is 2.66. The predicted molar refractivity (Wildman–Crippen MR) is 104 cm³/mol. The lowest BCUT2D eigenvalue weighted by molar-refractivity contribution is -0.146. The Hall–Kier alpha value is -2.70. The van der Waals surface area contributed by atoms with Crippen molar-refractivity contribution in [3.8, 4) is 11.5 Å². The number of ether oxygens (including phenoxy) is 3. The molecule has 1 heterocycles. The molecule has 0 spiro atoms. The molecule has 1 fully saturated rings. The van der Waals surface area contributed by atoms with Gasteiger partial charge in [-0.3, -0.25) is 0 Å². The van der Waals surface area contributed by atoms with Crippen molar-refractivity contribution in [3.05, 3.63) is 35.0 Å². The summed E-state index contributed by atoms with van der Waals surface area (Å²) in [5, 5.41) is 5.50. The summed E-state index contributed by atoms with van der Waals surface area (Å²) in [7, 11) is 3.11. The number of esters is 1. The lowest BCUT2D eigenvalue weighted by Crippen LogP contribution is -2.45. The Bertz CT molecular complexity index is 789. The zero-order valence-corrected chi connectivity index (χ0v) is 16.8. The van der Waals surface area contributed by atoms with Crippen LogP contribution in [-0.2, 0) is 9.53 Å². The van der Waals surface area contributed by atoms with Crippen molar-refractivity contribution in [2.45, 2.75) is 51.7 Å². The Morgan fingerprint density at radius 2 is 1.96 bits per heavy atom. The molecule has 0 aromatic heterocycles. The van der Waals surface area contributed by atoms with Gasteiger partial charge in [-0.05, 0) is 44.2 Å². The monoisotopic (exact) mass is 388 g/mol. The highest BCUT2D eigenvalue weighted by Crippen LogP contribution is 2.36. The molecule has 7 nitrogen and oxygen atoms in total. The van der Waals surface area contributed by atoms with Crippen molar-refractivity contribution in [2.24, 2.45) is 5.92 Å². The number of urea groups is 1. The number of benzene rings is 1. The average molecular weight is 388 g/mol. The third-order valence-electron chi connectivity index (χ3n) is 5.40. The van der Waals surface area contributed by atoms with E-state index in [9.17, 15) is 9.59 Å². The Kier molecular flexibility index (Phi) is 6.11. The maximum Gasteiger partial charge on any atom is 0.338 e. The molecule has 2 N–H and O–H groups in total. The van der Waals surface area contributed by atoms with Crippen LogP contribution in [0.4, 0.5) is 4.79 Å². The molecule has 7 heteroatoms.